The highest BCUT2D eigenvalue weighted by molar-refractivity contribution is 6.02. The molecule has 1 heterocycles. The van der Waals surface area contributed by atoms with Crippen LogP contribution in [0.25, 0.3) is 0 Å². The summed E-state index contributed by atoms with van der Waals surface area (Å²) in [5, 5.41) is 6.66. The van der Waals surface area contributed by atoms with Crippen LogP contribution in [-0.4, -0.2) is 30.2 Å². The summed E-state index contributed by atoms with van der Waals surface area (Å²) >= 11 is 0. The van der Waals surface area contributed by atoms with Crippen molar-refractivity contribution >= 4 is 11.6 Å². The number of aliphatic imine (C=N–C) groups is 1. The van der Waals surface area contributed by atoms with E-state index in [0.717, 1.165) is 29.4 Å². The first-order valence-corrected chi connectivity index (χ1v) is 13.1. The summed E-state index contributed by atoms with van der Waals surface area (Å²) in [5.74, 6) is 0.715. The van der Waals surface area contributed by atoms with Gasteiger partial charge in [-0.2, -0.15) is 0 Å². The zero-order valence-electron chi connectivity index (χ0n) is 22.8. The molecule has 0 aromatic rings. The van der Waals surface area contributed by atoms with Gasteiger partial charge in [-0.1, -0.05) is 64.7 Å². The van der Waals surface area contributed by atoms with E-state index in [1.807, 2.05) is 32.1 Å². The zero-order valence-corrected chi connectivity index (χ0v) is 22.8. The Morgan fingerprint density at radius 2 is 1.79 bits per heavy atom. The van der Waals surface area contributed by atoms with E-state index in [2.05, 4.69) is 45.3 Å². The van der Waals surface area contributed by atoms with Gasteiger partial charge >= 0.3 is 0 Å². The molecule has 0 aromatic heterocycles. The molecule has 0 aliphatic carbocycles. The second-order valence-corrected chi connectivity index (χ2v) is 9.58. The third kappa shape index (κ3) is 9.69. The maximum Gasteiger partial charge on any atom is 0.252 e. The molecule has 1 saturated heterocycles. The fourth-order valence-corrected chi connectivity index (χ4v) is 4.54. The number of rotatable bonds is 14. The number of halogens is 1. The molecule has 34 heavy (non-hydrogen) atoms. The standard InChI is InChI=1S/C29H48FN3O/c1-9-13-24(14-10-2)17-18-31-22(7)21(6)23(8)32-25(11-3)19-27-26(12-4)28(33-29(27)34)16-15-20(5)30/h11-12,15,19,21-22,24,28,31H,9-10,13-14,16-18H2,1-8H3,(H,33,34)/b20-15?,25-11?,26-12?,27-19-,32-23?. The van der Waals surface area contributed by atoms with E-state index in [0.29, 0.717) is 18.0 Å². The van der Waals surface area contributed by atoms with Crippen LogP contribution in [0.1, 0.15) is 93.9 Å². The molecule has 2 N–H and O–H groups in total. The number of nitrogens with one attached hydrogen (secondary N) is 2. The van der Waals surface area contributed by atoms with Crippen molar-refractivity contribution in [3.05, 3.63) is 47.0 Å². The molecule has 192 valence electrons. The van der Waals surface area contributed by atoms with Gasteiger partial charge in [0, 0.05) is 23.2 Å². The number of allylic oxidation sites excluding steroid dienone is 4. The van der Waals surface area contributed by atoms with E-state index in [4.69, 9.17) is 4.99 Å². The minimum Gasteiger partial charge on any atom is -0.345 e. The number of amides is 1. The molecule has 4 nitrogen and oxygen atoms in total. The number of carbonyl (C=O) groups excluding carboxylic acids is 1. The minimum atomic E-state index is -0.237. The van der Waals surface area contributed by atoms with E-state index >= 15 is 0 Å². The van der Waals surface area contributed by atoms with Crippen molar-refractivity contribution in [3.8, 4) is 0 Å². The minimum absolute atomic E-state index is 0.132. The first-order valence-electron chi connectivity index (χ1n) is 13.1. The maximum absolute atomic E-state index is 13.2. The second kappa shape index (κ2) is 15.8. The molecule has 5 heteroatoms. The summed E-state index contributed by atoms with van der Waals surface area (Å²) in [6.07, 6.45) is 14.0. The molecular weight excluding hydrogens is 425 g/mol. The van der Waals surface area contributed by atoms with Gasteiger partial charge in [-0.05, 0) is 71.6 Å². The van der Waals surface area contributed by atoms with Crippen LogP contribution in [0, 0.1) is 11.8 Å². The van der Waals surface area contributed by atoms with Crippen LogP contribution in [0.15, 0.2) is 52.0 Å². The van der Waals surface area contributed by atoms with Crippen LogP contribution in [0.5, 0.6) is 0 Å². The fraction of sp³-hybridized carbons (Fsp3) is 0.655. The van der Waals surface area contributed by atoms with Crippen molar-refractivity contribution in [1.29, 1.82) is 0 Å². The molecule has 1 aliphatic heterocycles. The van der Waals surface area contributed by atoms with Gasteiger partial charge in [0.2, 0.25) is 0 Å². The SMILES string of the molecule is CC=C(/C=C1\C(=O)NC(CC=C(C)F)C1=CC)N=C(C)C(C)C(C)NCCC(CCC)CCC. The summed E-state index contributed by atoms with van der Waals surface area (Å²) < 4.78 is 13.2. The highest BCUT2D eigenvalue weighted by atomic mass is 19.1. The Kier molecular flexibility index (Phi) is 14.0. The quantitative estimate of drug-likeness (QED) is 0.207. The molecule has 0 spiro atoms. The fourth-order valence-electron chi connectivity index (χ4n) is 4.54. The summed E-state index contributed by atoms with van der Waals surface area (Å²) in [6, 6.07) is 0.115. The third-order valence-corrected chi connectivity index (χ3v) is 6.90. The molecule has 0 aromatic carbocycles. The van der Waals surface area contributed by atoms with Gasteiger partial charge in [0.1, 0.15) is 0 Å². The van der Waals surface area contributed by atoms with Gasteiger partial charge < -0.3 is 10.6 Å². The molecule has 1 aliphatic rings. The van der Waals surface area contributed by atoms with Gasteiger partial charge in [0.05, 0.1) is 17.6 Å². The Labute approximate surface area is 208 Å². The van der Waals surface area contributed by atoms with Crippen molar-refractivity contribution in [1.82, 2.24) is 10.6 Å². The second-order valence-electron chi connectivity index (χ2n) is 9.58. The summed E-state index contributed by atoms with van der Waals surface area (Å²) in [5.41, 5.74) is 3.31. The van der Waals surface area contributed by atoms with Crippen LogP contribution in [0.3, 0.4) is 0 Å². The largest absolute Gasteiger partial charge is 0.345 e. The van der Waals surface area contributed by atoms with Crippen LogP contribution in [-0.2, 0) is 4.79 Å². The first-order chi connectivity index (χ1) is 16.2. The van der Waals surface area contributed by atoms with Crippen molar-refractivity contribution < 1.29 is 9.18 Å². The molecule has 0 saturated carbocycles. The predicted molar refractivity (Wildman–Crippen MR) is 145 cm³/mol. The van der Waals surface area contributed by atoms with Crippen molar-refractivity contribution in [3.63, 3.8) is 0 Å². The van der Waals surface area contributed by atoms with E-state index in [9.17, 15) is 9.18 Å². The van der Waals surface area contributed by atoms with E-state index in [-0.39, 0.29) is 23.7 Å². The third-order valence-electron chi connectivity index (χ3n) is 6.90. The highest BCUT2D eigenvalue weighted by Crippen LogP contribution is 2.27. The maximum atomic E-state index is 13.2. The highest BCUT2D eigenvalue weighted by Gasteiger charge is 2.30. The van der Waals surface area contributed by atoms with Crippen LogP contribution < -0.4 is 10.6 Å². The van der Waals surface area contributed by atoms with Crippen molar-refractivity contribution in [2.24, 2.45) is 16.8 Å². The van der Waals surface area contributed by atoms with E-state index in [1.165, 1.54) is 45.1 Å². The molecular formula is C29H48FN3O. The lowest BCUT2D eigenvalue weighted by atomic mass is 9.94. The average Bonchev–Trinajstić information content (AvgIpc) is 3.10. The van der Waals surface area contributed by atoms with Crippen LogP contribution >= 0.6 is 0 Å². The van der Waals surface area contributed by atoms with Gasteiger partial charge in [0.25, 0.3) is 5.91 Å². The lowest BCUT2D eigenvalue weighted by Gasteiger charge is -2.23. The number of hydrogen-bond donors (Lipinski definition) is 2. The van der Waals surface area contributed by atoms with Crippen LogP contribution in [0.4, 0.5) is 4.39 Å². The summed E-state index contributed by atoms with van der Waals surface area (Å²) in [6.45, 7) is 17.3. The summed E-state index contributed by atoms with van der Waals surface area (Å²) in [4.78, 5) is 17.5. The smallest absolute Gasteiger partial charge is 0.252 e. The Balaban J connectivity index is 2.86. The number of carbonyl (C=O) groups is 1. The topological polar surface area (TPSA) is 53.5 Å². The Bertz CT molecular complexity index is 796. The molecule has 3 unspecified atom stereocenters. The molecule has 1 fully saturated rings. The van der Waals surface area contributed by atoms with Crippen molar-refractivity contribution in [2.75, 3.05) is 6.54 Å². The lowest BCUT2D eigenvalue weighted by Crippen LogP contribution is -2.36. The summed E-state index contributed by atoms with van der Waals surface area (Å²) in [7, 11) is 0. The predicted octanol–water partition coefficient (Wildman–Crippen LogP) is 7.21. The van der Waals surface area contributed by atoms with Gasteiger partial charge in [-0.3, -0.25) is 9.79 Å². The van der Waals surface area contributed by atoms with Crippen molar-refractivity contribution in [2.45, 2.75) is 106 Å². The van der Waals surface area contributed by atoms with E-state index in [1.54, 1.807) is 0 Å². The normalized spacial score (nSPS) is 22.1. The average molecular weight is 474 g/mol. The Hall–Kier alpha value is -2.01. The lowest BCUT2D eigenvalue weighted by molar-refractivity contribution is -0.116. The van der Waals surface area contributed by atoms with Gasteiger partial charge in [0.15, 0.2) is 0 Å². The molecule has 3 atom stereocenters. The molecule has 0 radical (unpaired) electrons. The molecule has 1 rings (SSSR count). The first kappa shape index (κ1) is 30.0. The Morgan fingerprint density at radius 3 is 2.32 bits per heavy atom. The molecule has 0 bridgehead atoms. The zero-order chi connectivity index (χ0) is 25.7. The van der Waals surface area contributed by atoms with Gasteiger partial charge in [-0.25, -0.2) is 4.39 Å². The Morgan fingerprint density at radius 1 is 1.15 bits per heavy atom. The van der Waals surface area contributed by atoms with Gasteiger partial charge in [-0.15, -0.1) is 0 Å². The number of nitrogens with zero attached hydrogens (tertiary/aromatic N) is 1. The van der Waals surface area contributed by atoms with E-state index < -0.39 is 0 Å². The number of hydrogen-bond acceptors (Lipinski definition) is 3. The molecule has 1 amide bonds. The monoisotopic (exact) mass is 473 g/mol. The van der Waals surface area contributed by atoms with Crippen LogP contribution in [0.2, 0.25) is 0 Å².